The Morgan fingerprint density at radius 1 is 1.22 bits per heavy atom. The molecule has 0 radical (unpaired) electrons. The van der Waals surface area contributed by atoms with E-state index in [1.54, 1.807) is 6.92 Å². The van der Waals surface area contributed by atoms with Crippen molar-refractivity contribution in [1.29, 1.82) is 0 Å². The van der Waals surface area contributed by atoms with Crippen LogP contribution >= 0.6 is 0 Å². The molecular formula is C24H28FN5O6S. The van der Waals surface area contributed by atoms with Gasteiger partial charge >= 0.3 is 11.8 Å². The number of rotatable bonds is 4. The van der Waals surface area contributed by atoms with Crippen LogP contribution in [0.1, 0.15) is 28.9 Å². The molecule has 3 amide bonds. The van der Waals surface area contributed by atoms with Crippen LogP contribution in [-0.4, -0.2) is 67.9 Å². The number of anilines is 1. The first kappa shape index (κ1) is 25.2. The Morgan fingerprint density at radius 3 is 2.68 bits per heavy atom. The average molecular weight is 534 g/mol. The topological polar surface area (TPSA) is 139 Å². The Hall–Kier alpha value is -3.45. The van der Waals surface area contributed by atoms with E-state index in [1.807, 2.05) is 0 Å². The number of nitrogens with zero attached hydrogens (tertiary/aromatic N) is 2. The maximum Gasteiger partial charge on any atom is 0.311 e. The molecule has 2 aliphatic heterocycles. The van der Waals surface area contributed by atoms with E-state index in [1.165, 1.54) is 40.9 Å². The number of carbonyl (C=O) groups is 3. The van der Waals surface area contributed by atoms with Crippen molar-refractivity contribution in [2.75, 3.05) is 31.6 Å². The zero-order valence-corrected chi connectivity index (χ0v) is 21.2. The standard InChI is InChI=1S/C24H28FN5O6S/c1-13-7-16(5-6-17(13)25)27-22(31)20-21-19(11-29(20)2)37(34,35)28-18-10-30(9-15(18)12-36-21)24(33)23(32)26-8-14-3-4-14/h5-7,11,14-15,18,28H,3-4,8-10,12H2,1-2H3,(H,26,32)(H,27,31)/t15-,18-/m0/s1. The summed E-state index contributed by atoms with van der Waals surface area (Å²) >= 11 is 0. The fraction of sp³-hybridized carbons (Fsp3) is 0.458. The lowest BCUT2D eigenvalue weighted by atomic mass is 10.1. The molecule has 37 heavy (non-hydrogen) atoms. The first-order valence-electron chi connectivity index (χ1n) is 12.0. The molecule has 0 unspecified atom stereocenters. The Labute approximate surface area is 213 Å². The second kappa shape index (κ2) is 9.45. The summed E-state index contributed by atoms with van der Waals surface area (Å²) in [6.07, 6.45) is 3.35. The molecule has 1 saturated carbocycles. The molecule has 3 heterocycles. The third-order valence-electron chi connectivity index (χ3n) is 6.94. The van der Waals surface area contributed by atoms with Crippen molar-refractivity contribution in [3.05, 3.63) is 41.5 Å². The summed E-state index contributed by atoms with van der Waals surface area (Å²) in [6, 6.07) is 3.44. The van der Waals surface area contributed by atoms with E-state index in [4.69, 9.17) is 4.74 Å². The summed E-state index contributed by atoms with van der Waals surface area (Å²) in [5.41, 5.74) is 0.664. The van der Waals surface area contributed by atoms with Crippen LogP contribution in [0.2, 0.25) is 0 Å². The van der Waals surface area contributed by atoms with Gasteiger partial charge in [0.2, 0.25) is 10.0 Å². The van der Waals surface area contributed by atoms with Crippen LogP contribution in [0.25, 0.3) is 0 Å². The second-order valence-corrected chi connectivity index (χ2v) is 11.5. The number of fused-ring (bicyclic) bond motifs is 2. The number of carbonyl (C=O) groups excluding carboxylic acids is 3. The number of sulfonamides is 1. The maximum absolute atomic E-state index is 13.6. The molecule has 11 nitrogen and oxygen atoms in total. The first-order valence-corrected chi connectivity index (χ1v) is 13.5. The lowest BCUT2D eigenvalue weighted by Crippen LogP contribution is -2.45. The van der Waals surface area contributed by atoms with Crippen LogP contribution in [0, 0.1) is 24.6 Å². The van der Waals surface area contributed by atoms with Gasteiger partial charge in [-0.2, -0.15) is 0 Å². The van der Waals surface area contributed by atoms with E-state index in [9.17, 15) is 27.2 Å². The lowest BCUT2D eigenvalue weighted by molar-refractivity contribution is -0.145. The van der Waals surface area contributed by atoms with Gasteiger partial charge in [-0.05, 0) is 49.4 Å². The number of nitrogens with one attached hydrogen (secondary N) is 3. The van der Waals surface area contributed by atoms with Crippen molar-refractivity contribution in [3.63, 3.8) is 0 Å². The van der Waals surface area contributed by atoms with E-state index in [0.717, 1.165) is 12.8 Å². The van der Waals surface area contributed by atoms with Gasteiger partial charge in [-0.15, -0.1) is 0 Å². The number of hydrogen-bond donors (Lipinski definition) is 3. The molecule has 1 aromatic heterocycles. The van der Waals surface area contributed by atoms with Crippen molar-refractivity contribution in [3.8, 4) is 5.75 Å². The predicted molar refractivity (Wildman–Crippen MR) is 130 cm³/mol. The molecule has 1 saturated heterocycles. The number of aromatic nitrogens is 1. The SMILES string of the molecule is Cc1cc(NC(=O)c2c3c(cn2C)S(=O)(=O)N[C@H]2CN(C(=O)C(=O)NCC4CC4)C[C@H]2CO3)ccc1F. The van der Waals surface area contributed by atoms with Gasteiger partial charge < -0.3 is 24.8 Å². The van der Waals surface area contributed by atoms with E-state index in [-0.39, 0.29) is 36.0 Å². The summed E-state index contributed by atoms with van der Waals surface area (Å²) in [6.45, 7) is 2.20. The molecule has 198 valence electrons. The van der Waals surface area contributed by atoms with Gasteiger partial charge in [-0.25, -0.2) is 17.5 Å². The van der Waals surface area contributed by atoms with Crippen molar-refractivity contribution in [1.82, 2.24) is 19.5 Å². The van der Waals surface area contributed by atoms with Crippen molar-refractivity contribution in [2.24, 2.45) is 18.9 Å². The van der Waals surface area contributed by atoms with E-state index in [0.29, 0.717) is 23.7 Å². The van der Waals surface area contributed by atoms with Crippen molar-refractivity contribution in [2.45, 2.75) is 30.7 Å². The largest absolute Gasteiger partial charge is 0.489 e. The molecule has 5 rings (SSSR count). The van der Waals surface area contributed by atoms with Gasteiger partial charge in [0.25, 0.3) is 5.91 Å². The highest BCUT2D eigenvalue weighted by atomic mass is 32.2. The molecule has 13 heteroatoms. The highest BCUT2D eigenvalue weighted by Crippen LogP contribution is 2.35. The number of likely N-dealkylation sites (tertiary alicyclic amines) is 1. The van der Waals surface area contributed by atoms with Gasteiger partial charge in [-0.1, -0.05) is 0 Å². The number of aryl methyl sites for hydroxylation is 2. The average Bonchev–Trinajstić information content (AvgIpc) is 3.50. The minimum absolute atomic E-state index is 0.0214. The van der Waals surface area contributed by atoms with Crippen LogP contribution in [0.3, 0.4) is 0 Å². The van der Waals surface area contributed by atoms with E-state index < -0.39 is 45.5 Å². The van der Waals surface area contributed by atoms with Gasteiger partial charge in [0, 0.05) is 50.5 Å². The van der Waals surface area contributed by atoms with Gasteiger partial charge in [0.15, 0.2) is 11.4 Å². The van der Waals surface area contributed by atoms with Gasteiger partial charge in [-0.3, -0.25) is 14.4 Å². The molecule has 1 aliphatic carbocycles. The summed E-state index contributed by atoms with van der Waals surface area (Å²) < 4.78 is 50.0. The normalized spacial score (nSPS) is 22.2. The summed E-state index contributed by atoms with van der Waals surface area (Å²) in [7, 11) is -2.60. The van der Waals surface area contributed by atoms with Crippen LogP contribution < -0.4 is 20.1 Å². The zero-order valence-electron chi connectivity index (χ0n) is 20.4. The minimum Gasteiger partial charge on any atom is -0.489 e. The molecule has 2 aromatic rings. The molecule has 3 N–H and O–H groups in total. The molecule has 2 fully saturated rings. The number of amides is 3. The van der Waals surface area contributed by atoms with E-state index >= 15 is 0 Å². The molecule has 0 spiro atoms. The van der Waals surface area contributed by atoms with Crippen molar-refractivity contribution >= 4 is 33.4 Å². The number of hydrogen-bond acceptors (Lipinski definition) is 6. The minimum atomic E-state index is -4.12. The van der Waals surface area contributed by atoms with E-state index in [2.05, 4.69) is 15.4 Å². The first-order chi connectivity index (χ1) is 17.5. The number of halogens is 1. The lowest BCUT2D eigenvalue weighted by Gasteiger charge is -2.23. The number of ether oxygens (including phenoxy) is 1. The van der Waals surface area contributed by atoms with Gasteiger partial charge in [0.1, 0.15) is 10.7 Å². The fourth-order valence-electron chi connectivity index (χ4n) is 4.65. The Balaban J connectivity index is 1.34. The monoisotopic (exact) mass is 533 g/mol. The van der Waals surface area contributed by atoms with Crippen LogP contribution in [0.4, 0.5) is 10.1 Å². The molecule has 1 aromatic carbocycles. The smallest absolute Gasteiger partial charge is 0.311 e. The summed E-state index contributed by atoms with van der Waals surface area (Å²) in [5, 5.41) is 5.29. The molecular weight excluding hydrogens is 505 g/mol. The molecule has 3 aliphatic rings. The third-order valence-corrected chi connectivity index (χ3v) is 8.42. The maximum atomic E-state index is 13.6. The third kappa shape index (κ3) is 5.05. The molecule has 0 bridgehead atoms. The van der Waals surface area contributed by atoms with Crippen LogP contribution in [0.15, 0.2) is 29.3 Å². The van der Waals surface area contributed by atoms with Gasteiger partial charge in [0.05, 0.1) is 6.61 Å². The Bertz CT molecular complexity index is 1390. The quantitative estimate of drug-likeness (QED) is 0.496. The van der Waals surface area contributed by atoms with Crippen LogP contribution in [0.5, 0.6) is 5.75 Å². The number of benzene rings is 1. The second-order valence-electron chi connectivity index (χ2n) is 9.86. The zero-order chi connectivity index (χ0) is 26.5. The summed E-state index contributed by atoms with van der Waals surface area (Å²) in [5.74, 6) is -2.58. The fourth-order valence-corrected chi connectivity index (χ4v) is 6.14. The predicted octanol–water partition coefficient (Wildman–Crippen LogP) is 0.749. The highest BCUT2D eigenvalue weighted by Gasteiger charge is 2.43. The Morgan fingerprint density at radius 2 is 1.97 bits per heavy atom. The Kier molecular flexibility index (Phi) is 6.44. The highest BCUT2D eigenvalue weighted by molar-refractivity contribution is 7.89. The van der Waals surface area contributed by atoms with Crippen LogP contribution in [-0.2, 0) is 26.7 Å². The molecule has 2 atom stereocenters. The van der Waals surface area contributed by atoms with Crippen molar-refractivity contribution < 1.29 is 31.9 Å². The summed E-state index contributed by atoms with van der Waals surface area (Å²) in [4.78, 5) is 39.1.